The van der Waals surface area contributed by atoms with E-state index in [-0.39, 0.29) is 30.0 Å². The number of ether oxygens (including phenoxy) is 1. The zero-order valence-corrected chi connectivity index (χ0v) is 20.2. The molecule has 1 heterocycles. The van der Waals surface area contributed by atoms with Crippen LogP contribution in [-0.4, -0.2) is 59.2 Å². The highest BCUT2D eigenvalue weighted by molar-refractivity contribution is 6.06. The molecule has 1 aromatic carbocycles. The van der Waals surface area contributed by atoms with Gasteiger partial charge in [-0.2, -0.15) is 13.2 Å². The summed E-state index contributed by atoms with van der Waals surface area (Å²) in [7, 11) is 0. The molecular formula is C26H27F3N6O2. The molecule has 37 heavy (non-hydrogen) atoms. The van der Waals surface area contributed by atoms with Crippen molar-refractivity contribution >= 4 is 35.2 Å². The number of carbonyl (C=O) groups is 1. The van der Waals surface area contributed by atoms with E-state index in [4.69, 9.17) is 15.6 Å². The SMILES string of the molecule is C=C(/C=C\C(=N/CC)OCC(F)(F)F)c1ccnc(C(=O)Nc2cccc(C(=N)N(C=N)C3CC3)c2)c1. The van der Waals surface area contributed by atoms with E-state index in [0.717, 1.165) is 19.2 Å². The number of aliphatic imine (C=N–C) groups is 1. The fourth-order valence-corrected chi connectivity index (χ4v) is 3.27. The molecule has 11 heteroatoms. The molecule has 0 radical (unpaired) electrons. The van der Waals surface area contributed by atoms with E-state index in [2.05, 4.69) is 21.9 Å². The smallest absolute Gasteiger partial charge is 0.422 e. The Bertz CT molecular complexity index is 1230. The van der Waals surface area contributed by atoms with Crippen molar-refractivity contribution in [1.82, 2.24) is 9.88 Å². The summed E-state index contributed by atoms with van der Waals surface area (Å²) in [5.41, 5.74) is 2.07. The predicted molar refractivity (Wildman–Crippen MR) is 137 cm³/mol. The number of hydrogen-bond donors (Lipinski definition) is 3. The molecular weight excluding hydrogens is 485 g/mol. The predicted octanol–water partition coefficient (Wildman–Crippen LogP) is 5.30. The molecule has 1 saturated carbocycles. The standard InChI is InChI=1S/C26H27F3N6O2/c1-3-32-23(37-15-26(27,28)29)10-7-17(2)18-11-12-33-22(14-18)25(36)34-20-6-4-5-19(13-20)24(31)35(16-30)21-8-9-21/h4-7,10-14,16,21,30-31H,2-3,8-9,15H2,1H3,(H,34,36)/b10-7-,30-16?,31-24?,32-23+. The molecule has 8 nitrogen and oxygen atoms in total. The van der Waals surface area contributed by atoms with Gasteiger partial charge in [0.05, 0.1) is 6.34 Å². The van der Waals surface area contributed by atoms with Crippen molar-refractivity contribution in [3.05, 3.63) is 78.1 Å². The molecule has 1 fully saturated rings. The van der Waals surface area contributed by atoms with Gasteiger partial charge in [0.15, 0.2) is 6.61 Å². The van der Waals surface area contributed by atoms with Gasteiger partial charge in [0.2, 0.25) is 5.90 Å². The average molecular weight is 513 g/mol. The lowest BCUT2D eigenvalue weighted by molar-refractivity contribution is -0.156. The Labute approximate surface area is 212 Å². The molecule has 0 atom stereocenters. The minimum absolute atomic E-state index is 0.0994. The lowest BCUT2D eigenvalue weighted by Crippen LogP contribution is -2.31. The topological polar surface area (TPSA) is 115 Å². The quantitative estimate of drug-likeness (QED) is 0.228. The van der Waals surface area contributed by atoms with Gasteiger partial charge in [-0.05, 0) is 61.2 Å². The van der Waals surface area contributed by atoms with Gasteiger partial charge < -0.3 is 15.0 Å². The third-order valence-electron chi connectivity index (χ3n) is 5.22. The number of aromatic nitrogens is 1. The second-order valence-corrected chi connectivity index (χ2v) is 8.16. The fourth-order valence-electron chi connectivity index (χ4n) is 3.27. The van der Waals surface area contributed by atoms with Crippen molar-refractivity contribution < 1.29 is 22.7 Å². The third kappa shape index (κ3) is 8.13. The van der Waals surface area contributed by atoms with E-state index in [1.165, 1.54) is 24.4 Å². The van der Waals surface area contributed by atoms with Crippen molar-refractivity contribution in [3.8, 4) is 0 Å². The molecule has 1 aromatic heterocycles. The number of allylic oxidation sites excluding steroid dienone is 2. The second-order valence-electron chi connectivity index (χ2n) is 8.16. The van der Waals surface area contributed by atoms with Crippen LogP contribution in [-0.2, 0) is 4.74 Å². The molecule has 194 valence electrons. The number of pyridine rings is 1. The summed E-state index contributed by atoms with van der Waals surface area (Å²) in [5.74, 6) is -0.487. The Morgan fingerprint density at radius 2 is 2.03 bits per heavy atom. The van der Waals surface area contributed by atoms with Crippen LogP contribution in [0, 0.1) is 10.8 Å². The molecule has 3 rings (SSSR count). The van der Waals surface area contributed by atoms with Crippen molar-refractivity contribution in [2.45, 2.75) is 32.0 Å². The summed E-state index contributed by atoms with van der Waals surface area (Å²) in [6.07, 6.45) is 2.69. The Morgan fingerprint density at radius 1 is 1.27 bits per heavy atom. The fraction of sp³-hybridized carbons (Fsp3) is 0.269. The Morgan fingerprint density at radius 3 is 2.68 bits per heavy atom. The van der Waals surface area contributed by atoms with Gasteiger partial charge >= 0.3 is 6.18 Å². The number of nitrogens with zero attached hydrogens (tertiary/aromatic N) is 3. The first-order chi connectivity index (χ1) is 17.6. The van der Waals surface area contributed by atoms with E-state index in [1.54, 1.807) is 42.2 Å². The van der Waals surface area contributed by atoms with E-state index in [9.17, 15) is 18.0 Å². The molecule has 0 saturated heterocycles. The van der Waals surface area contributed by atoms with Gasteiger partial charge in [-0.1, -0.05) is 18.7 Å². The molecule has 1 amide bonds. The number of amides is 1. The highest BCUT2D eigenvalue weighted by atomic mass is 19.4. The molecule has 1 aliphatic carbocycles. The first kappa shape index (κ1) is 27.3. The number of hydrogen-bond acceptors (Lipinski definition) is 6. The molecule has 1 aliphatic rings. The highest BCUT2D eigenvalue weighted by Gasteiger charge is 2.30. The van der Waals surface area contributed by atoms with E-state index in [0.29, 0.717) is 22.4 Å². The summed E-state index contributed by atoms with van der Waals surface area (Å²) >= 11 is 0. The zero-order chi connectivity index (χ0) is 27.0. The normalized spacial score (nSPS) is 13.8. The molecule has 0 spiro atoms. The lowest BCUT2D eigenvalue weighted by atomic mass is 10.1. The molecule has 3 N–H and O–H groups in total. The van der Waals surface area contributed by atoms with Crippen molar-refractivity contribution in [2.75, 3.05) is 18.5 Å². The molecule has 2 aromatic rings. The lowest BCUT2D eigenvalue weighted by Gasteiger charge is -2.19. The summed E-state index contributed by atoms with van der Waals surface area (Å²) in [6, 6.07) is 10.1. The van der Waals surface area contributed by atoms with Crippen LogP contribution in [0.25, 0.3) is 5.57 Å². The summed E-state index contributed by atoms with van der Waals surface area (Å²) < 4.78 is 42.1. The number of amidine groups is 1. The monoisotopic (exact) mass is 512 g/mol. The van der Waals surface area contributed by atoms with E-state index >= 15 is 0 Å². The van der Waals surface area contributed by atoms with E-state index < -0.39 is 18.7 Å². The molecule has 0 unspecified atom stereocenters. The largest absolute Gasteiger partial charge is 0.468 e. The zero-order valence-electron chi connectivity index (χ0n) is 20.2. The van der Waals surface area contributed by atoms with Gasteiger partial charge in [0.25, 0.3) is 5.91 Å². The van der Waals surface area contributed by atoms with Gasteiger partial charge in [-0.15, -0.1) is 0 Å². The van der Waals surface area contributed by atoms with Crippen molar-refractivity contribution in [3.63, 3.8) is 0 Å². The molecule has 0 bridgehead atoms. The third-order valence-corrected chi connectivity index (χ3v) is 5.22. The van der Waals surface area contributed by atoms with E-state index in [1.807, 2.05) is 0 Å². The van der Waals surface area contributed by atoms with Crippen LogP contribution in [0.2, 0.25) is 0 Å². The number of carbonyl (C=O) groups excluding carboxylic acids is 1. The maximum absolute atomic E-state index is 12.8. The number of alkyl halides is 3. The Hall–Kier alpha value is -4.28. The number of benzene rings is 1. The van der Waals surface area contributed by atoms with Crippen LogP contribution >= 0.6 is 0 Å². The Balaban J connectivity index is 1.68. The summed E-state index contributed by atoms with van der Waals surface area (Å²) in [5, 5.41) is 18.7. The van der Waals surface area contributed by atoms with Gasteiger partial charge in [0, 0.05) is 36.1 Å². The van der Waals surface area contributed by atoms with Crippen LogP contribution in [0.4, 0.5) is 18.9 Å². The minimum Gasteiger partial charge on any atom is -0.468 e. The van der Waals surface area contributed by atoms with Crippen LogP contribution in [0.15, 0.2) is 66.3 Å². The average Bonchev–Trinajstić information content (AvgIpc) is 3.71. The van der Waals surface area contributed by atoms with Crippen molar-refractivity contribution in [2.24, 2.45) is 4.99 Å². The maximum Gasteiger partial charge on any atom is 0.422 e. The van der Waals surface area contributed by atoms with Gasteiger partial charge in [0.1, 0.15) is 11.5 Å². The van der Waals surface area contributed by atoms with Crippen LogP contribution in [0.3, 0.4) is 0 Å². The first-order valence-electron chi connectivity index (χ1n) is 11.5. The molecule has 0 aliphatic heterocycles. The number of rotatable bonds is 10. The highest BCUT2D eigenvalue weighted by Crippen LogP contribution is 2.27. The van der Waals surface area contributed by atoms with Crippen molar-refractivity contribution in [1.29, 1.82) is 10.8 Å². The first-order valence-corrected chi connectivity index (χ1v) is 11.5. The maximum atomic E-state index is 12.8. The number of halogens is 3. The summed E-state index contributed by atoms with van der Waals surface area (Å²) in [4.78, 5) is 22.4. The van der Waals surface area contributed by atoms with Crippen LogP contribution in [0.5, 0.6) is 0 Å². The van der Waals surface area contributed by atoms with Crippen LogP contribution < -0.4 is 5.32 Å². The van der Waals surface area contributed by atoms with Crippen LogP contribution in [0.1, 0.15) is 41.4 Å². The summed E-state index contributed by atoms with van der Waals surface area (Å²) in [6.45, 7) is 4.35. The number of nitrogens with one attached hydrogen (secondary N) is 3. The number of anilines is 1. The minimum atomic E-state index is -4.48. The second kappa shape index (κ2) is 12.1. The Kier molecular flexibility index (Phi) is 8.94. The van der Waals surface area contributed by atoms with Gasteiger partial charge in [-0.25, -0.2) is 0 Å². The van der Waals surface area contributed by atoms with Gasteiger partial charge in [-0.3, -0.25) is 25.6 Å².